The van der Waals surface area contributed by atoms with Crippen LogP contribution >= 0.6 is 0 Å². The Morgan fingerprint density at radius 1 is 1.23 bits per heavy atom. The van der Waals surface area contributed by atoms with Crippen LogP contribution in [0, 0.1) is 6.92 Å². The van der Waals surface area contributed by atoms with E-state index in [9.17, 15) is 4.79 Å². The van der Waals surface area contributed by atoms with Crippen LogP contribution in [-0.2, 0) is 24.2 Å². The zero-order valence-corrected chi connectivity index (χ0v) is 15.6. The Bertz CT molecular complexity index is 802. The van der Waals surface area contributed by atoms with Crippen LogP contribution in [0.4, 0.5) is 0 Å². The van der Waals surface area contributed by atoms with Crippen LogP contribution in [0.25, 0.3) is 0 Å². The Balaban J connectivity index is 1.44. The Morgan fingerprint density at radius 2 is 2.04 bits per heavy atom. The summed E-state index contributed by atoms with van der Waals surface area (Å²) in [5.74, 6) is 1.13. The van der Waals surface area contributed by atoms with Gasteiger partial charge in [0.1, 0.15) is 5.82 Å². The standard InChI is InChI=1S/C21H26N4O/c1-15-5-7-16(8-6-15)12-20(26)25-11-9-18-17(14-25)13-22-21(23-18)19-4-3-10-24(19)2/h5-8,13,19H,3-4,9-12,14H2,1-2H3/t19-/m0/s1. The van der Waals surface area contributed by atoms with E-state index in [-0.39, 0.29) is 5.91 Å². The molecule has 1 aromatic heterocycles. The van der Waals surface area contributed by atoms with E-state index < -0.39 is 0 Å². The Morgan fingerprint density at radius 3 is 2.77 bits per heavy atom. The molecule has 26 heavy (non-hydrogen) atoms. The number of aryl methyl sites for hydroxylation is 1. The highest BCUT2D eigenvalue weighted by Gasteiger charge is 2.27. The molecule has 0 unspecified atom stereocenters. The molecule has 5 nitrogen and oxygen atoms in total. The molecule has 0 spiro atoms. The third-order valence-corrected chi connectivity index (χ3v) is 5.60. The minimum absolute atomic E-state index is 0.180. The number of benzene rings is 1. The van der Waals surface area contributed by atoms with Gasteiger partial charge in [0.15, 0.2) is 0 Å². The smallest absolute Gasteiger partial charge is 0.227 e. The maximum atomic E-state index is 12.7. The molecule has 1 amide bonds. The highest BCUT2D eigenvalue weighted by atomic mass is 16.2. The lowest BCUT2D eigenvalue weighted by atomic mass is 10.0. The molecule has 2 aromatic rings. The molecule has 3 heterocycles. The summed E-state index contributed by atoms with van der Waals surface area (Å²) in [6.07, 6.45) is 5.57. The van der Waals surface area contributed by atoms with E-state index >= 15 is 0 Å². The van der Waals surface area contributed by atoms with Crippen molar-refractivity contribution in [1.82, 2.24) is 19.8 Å². The second-order valence-electron chi connectivity index (χ2n) is 7.57. The molecule has 1 atom stereocenters. The average Bonchev–Trinajstić information content (AvgIpc) is 3.08. The third kappa shape index (κ3) is 3.49. The zero-order valence-electron chi connectivity index (χ0n) is 15.6. The summed E-state index contributed by atoms with van der Waals surface area (Å²) < 4.78 is 0. The van der Waals surface area contributed by atoms with E-state index in [1.54, 1.807) is 0 Å². The summed E-state index contributed by atoms with van der Waals surface area (Å²) in [5.41, 5.74) is 4.50. The van der Waals surface area contributed by atoms with Crippen molar-refractivity contribution in [2.24, 2.45) is 0 Å². The van der Waals surface area contributed by atoms with E-state index in [0.717, 1.165) is 48.6 Å². The molecule has 2 aliphatic heterocycles. The van der Waals surface area contributed by atoms with E-state index in [0.29, 0.717) is 19.0 Å². The molecular weight excluding hydrogens is 324 g/mol. The minimum Gasteiger partial charge on any atom is -0.338 e. The molecule has 136 valence electrons. The van der Waals surface area contributed by atoms with Crippen molar-refractivity contribution in [3.63, 3.8) is 0 Å². The number of amides is 1. The lowest BCUT2D eigenvalue weighted by molar-refractivity contribution is -0.131. The number of fused-ring (bicyclic) bond motifs is 1. The predicted octanol–water partition coefficient (Wildman–Crippen LogP) is 2.68. The van der Waals surface area contributed by atoms with Gasteiger partial charge >= 0.3 is 0 Å². The monoisotopic (exact) mass is 350 g/mol. The van der Waals surface area contributed by atoms with Crippen LogP contribution in [0.2, 0.25) is 0 Å². The molecule has 5 heteroatoms. The number of likely N-dealkylation sites (tertiary alicyclic amines) is 1. The van der Waals surface area contributed by atoms with Gasteiger partial charge in [-0.15, -0.1) is 0 Å². The Kier molecular flexibility index (Phi) is 4.72. The third-order valence-electron chi connectivity index (χ3n) is 5.60. The molecule has 1 saturated heterocycles. The van der Waals surface area contributed by atoms with Gasteiger partial charge in [-0.25, -0.2) is 9.97 Å². The number of nitrogens with zero attached hydrogens (tertiary/aromatic N) is 4. The largest absolute Gasteiger partial charge is 0.338 e. The van der Waals surface area contributed by atoms with Crippen molar-refractivity contribution in [3.8, 4) is 0 Å². The van der Waals surface area contributed by atoms with Crippen molar-refractivity contribution in [2.45, 2.75) is 45.2 Å². The van der Waals surface area contributed by atoms with Gasteiger partial charge in [0.2, 0.25) is 5.91 Å². The first-order valence-electron chi connectivity index (χ1n) is 9.48. The van der Waals surface area contributed by atoms with Crippen LogP contribution in [0.1, 0.15) is 47.1 Å². The number of carbonyl (C=O) groups is 1. The molecule has 1 fully saturated rings. The molecule has 0 aliphatic carbocycles. The van der Waals surface area contributed by atoms with Crippen LogP contribution in [0.15, 0.2) is 30.5 Å². The van der Waals surface area contributed by atoms with Crippen LogP contribution < -0.4 is 0 Å². The van der Waals surface area contributed by atoms with E-state index in [1.807, 2.05) is 23.2 Å². The summed E-state index contributed by atoms with van der Waals surface area (Å²) >= 11 is 0. The molecular formula is C21H26N4O. The van der Waals surface area contributed by atoms with Crippen LogP contribution in [-0.4, -0.2) is 45.8 Å². The molecule has 0 saturated carbocycles. The summed E-state index contributed by atoms with van der Waals surface area (Å²) in [5, 5.41) is 0. The highest BCUT2D eigenvalue weighted by Crippen LogP contribution is 2.29. The molecule has 2 aliphatic rings. The van der Waals surface area contributed by atoms with Crippen molar-refractivity contribution >= 4 is 5.91 Å². The molecule has 1 aromatic carbocycles. The normalized spacial score (nSPS) is 20.2. The fourth-order valence-electron chi connectivity index (χ4n) is 3.93. The molecule has 0 bridgehead atoms. The van der Waals surface area contributed by atoms with Gasteiger partial charge in [0, 0.05) is 31.3 Å². The molecule has 0 radical (unpaired) electrons. The van der Waals surface area contributed by atoms with Crippen molar-refractivity contribution < 1.29 is 4.79 Å². The lowest BCUT2D eigenvalue weighted by Gasteiger charge is -2.29. The minimum atomic E-state index is 0.180. The van der Waals surface area contributed by atoms with Gasteiger partial charge in [-0.2, -0.15) is 0 Å². The fourth-order valence-corrected chi connectivity index (χ4v) is 3.93. The van der Waals surface area contributed by atoms with Crippen molar-refractivity contribution in [2.75, 3.05) is 20.1 Å². The van der Waals surface area contributed by atoms with Crippen LogP contribution in [0.5, 0.6) is 0 Å². The number of hydrogen-bond donors (Lipinski definition) is 0. The average molecular weight is 350 g/mol. The number of rotatable bonds is 3. The van der Waals surface area contributed by atoms with Gasteiger partial charge in [0.25, 0.3) is 0 Å². The van der Waals surface area contributed by atoms with Gasteiger partial charge in [-0.3, -0.25) is 9.69 Å². The maximum Gasteiger partial charge on any atom is 0.227 e. The van der Waals surface area contributed by atoms with E-state index in [4.69, 9.17) is 4.98 Å². The molecule has 0 N–H and O–H groups in total. The van der Waals surface area contributed by atoms with Gasteiger partial charge < -0.3 is 4.90 Å². The topological polar surface area (TPSA) is 49.3 Å². The zero-order chi connectivity index (χ0) is 18.1. The fraction of sp³-hybridized carbons (Fsp3) is 0.476. The number of carbonyl (C=O) groups excluding carboxylic acids is 1. The quantitative estimate of drug-likeness (QED) is 0.854. The number of hydrogen-bond acceptors (Lipinski definition) is 4. The van der Waals surface area contributed by atoms with Gasteiger partial charge in [-0.05, 0) is 38.9 Å². The summed E-state index contributed by atoms with van der Waals surface area (Å²) in [7, 11) is 2.14. The predicted molar refractivity (Wildman–Crippen MR) is 101 cm³/mol. The van der Waals surface area contributed by atoms with E-state index in [2.05, 4.69) is 36.0 Å². The summed E-state index contributed by atoms with van der Waals surface area (Å²) in [4.78, 5) is 26.4. The lowest BCUT2D eigenvalue weighted by Crippen LogP contribution is -2.37. The highest BCUT2D eigenvalue weighted by molar-refractivity contribution is 5.79. The number of aromatic nitrogens is 2. The molecule has 4 rings (SSSR count). The van der Waals surface area contributed by atoms with Crippen LogP contribution in [0.3, 0.4) is 0 Å². The second-order valence-corrected chi connectivity index (χ2v) is 7.57. The van der Waals surface area contributed by atoms with Crippen molar-refractivity contribution in [1.29, 1.82) is 0 Å². The summed E-state index contributed by atoms with van der Waals surface area (Å²) in [6, 6.07) is 8.55. The van der Waals surface area contributed by atoms with Gasteiger partial charge in [-0.1, -0.05) is 29.8 Å². The van der Waals surface area contributed by atoms with Gasteiger partial charge in [0.05, 0.1) is 18.2 Å². The first kappa shape index (κ1) is 17.2. The Labute approximate surface area is 155 Å². The summed E-state index contributed by atoms with van der Waals surface area (Å²) in [6.45, 7) is 4.55. The maximum absolute atomic E-state index is 12.7. The Hall–Kier alpha value is -2.27. The van der Waals surface area contributed by atoms with E-state index in [1.165, 1.54) is 12.0 Å². The first-order valence-corrected chi connectivity index (χ1v) is 9.48. The SMILES string of the molecule is Cc1ccc(CC(=O)N2CCc3nc([C@@H]4CCCN4C)ncc3C2)cc1. The van der Waals surface area contributed by atoms with Crippen molar-refractivity contribution in [3.05, 3.63) is 58.7 Å². The first-order chi connectivity index (χ1) is 12.6. The second kappa shape index (κ2) is 7.16.